The number of guanidine groups is 1. The molecule has 0 bridgehead atoms. The van der Waals surface area contributed by atoms with Gasteiger partial charge in [0.25, 0.3) is 0 Å². The molecule has 0 aliphatic carbocycles. The fraction of sp³-hybridized carbons (Fsp3) is 0.462. The lowest BCUT2D eigenvalue weighted by Gasteiger charge is -2.13. The molecule has 22 heavy (non-hydrogen) atoms. The molecule has 0 atom stereocenters. The number of hydrogen-bond donors (Lipinski definition) is 3. The Kier molecular flexibility index (Phi) is 9.90. The molecule has 126 valence electrons. The normalized spacial score (nSPS) is 11.6. The molecule has 0 aliphatic heterocycles. The fourth-order valence-electron chi connectivity index (χ4n) is 1.54. The zero-order chi connectivity index (χ0) is 15.7. The van der Waals surface area contributed by atoms with E-state index in [1.807, 2.05) is 6.92 Å². The van der Waals surface area contributed by atoms with Crippen molar-refractivity contribution in [2.24, 2.45) is 4.99 Å². The van der Waals surface area contributed by atoms with Gasteiger partial charge >= 0.3 is 6.36 Å². The van der Waals surface area contributed by atoms with Gasteiger partial charge in [-0.2, -0.15) is 0 Å². The largest absolute Gasteiger partial charge is 0.573 e. The average Bonchev–Trinajstić information content (AvgIpc) is 2.41. The van der Waals surface area contributed by atoms with Crippen LogP contribution >= 0.6 is 24.0 Å². The van der Waals surface area contributed by atoms with E-state index >= 15 is 0 Å². The zero-order valence-corrected chi connectivity index (χ0v) is 14.3. The van der Waals surface area contributed by atoms with Crippen molar-refractivity contribution in [1.29, 1.82) is 0 Å². The molecule has 1 aromatic carbocycles. The van der Waals surface area contributed by atoms with Crippen molar-refractivity contribution in [3.05, 3.63) is 29.8 Å². The summed E-state index contributed by atoms with van der Waals surface area (Å²) < 4.78 is 40.8. The van der Waals surface area contributed by atoms with Crippen molar-refractivity contribution in [3.63, 3.8) is 0 Å². The summed E-state index contributed by atoms with van der Waals surface area (Å²) in [6, 6.07) is 5.83. The van der Waals surface area contributed by atoms with Gasteiger partial charge in [-0.25, -0.2) is 4.99 Å². The first-order valence-electron chi connectivity index (χ1n) is 6.43. The van der Waals surface area contributed by atoms with Crippen LogP contribution in [0, 0.1) is 0 Å². The number of alkyl halides is 3. The predicted molar refractivity (Wildman–Crippen MR) is 88.4 cm³/mol. The Balaban J connectivity index is 0.00000441. The first-order valence-corrected chi connectivity index (χ1v) is 6.43. The van der Waals surface area contributed by atoms with Gasteiger partial charge in [0.2, 0.25) is 0 Å². The summed E-state index contributed by atoms with van der Waals surface area (Å²) in [5.74, 6) is 0.139. The maximum atomic E-state index is 12.3. The van der Waals surface area contributed by atoms with E-state index in [9.17, 15) is 13.2 Å². The fourth-order valence-corrected chi connectivity index (χ4v) is 1.54. The Morgan fingerprint density at radius 2 is 1.95 bits per heavy atom. The van der Waals surface area contributed by atoms with Crippen LogP contribution in [0.5, 0.6) is 5.75 Å². The number of hydrogen-bond acceptors (Lipinski definition) is 3. The number of aliphatic hydroxyl groups excluding tert-OH is 1. The number of rotatable bonds is 6. The maximum absolute atomic E-state index is 12.3. The molecular weight excluding hydrogens is 414 g/mol. The third-order valence-corrected chi connectivity index (χ3v) is 2.35. The Morgan fingerprint density at radius 1 is 1.27 bits per heavy atom. The van der Waals surface area contributed by atoms with Gasteiger partial charge in [0.15, 0.2) is 5.96 Å². The van der Waals surface area contributed by atoms with Crippen molar-refractivity contribution in [2.75, 3.05) is 19.7 Å². The maximum Gasteiger partial charge on any atom is 0.573 e. The lowest BCUT2D eigenvalue weighted by Crippen LogP contribution is -2.38. The second-order valence-electron chi connectivity index (χ2n) is 4.00. The number of halogens is 4. The molecular formula is C13H19F3IN3O2. The van der Waals surface area contributed by atoms with Crippen LogP contribution in [0.2, 0.25) is 0 Å². The van der Waals surface area contributed by atoms with Gasteiger partial charge in [0, 0.05) is 18.7 Å². The van der Waals surface area contributed by atoms with Crippen molar-refractivity contribution < 1.29 is 23.0 Å². The molecule has 0 radical (unpaired) electrons. The molecule has 5 nitrogen and oxygen atoms in total. The van der Waals surface area contributed by atoms with Crippen LogP contribution in [0.3, 0.4) is 0 Å². The van der Waals surface area contributed by atoms with Crippen molar-refractivity contribution >= 4 is 29.9 Å². The number of para-hydroxylation sites is 1. The van der Waals surface area contributed by atoms with Gasteiger partial charge in [-0.15, -0.1) is 37.1 Å². The van der Waals surface area contributed by atoms with E-state index in [-0.39, 0.29) is 42.9 Å². The van der Waals surface area contributed by atoms with E-state index in [0.29, 0.717) is 24.6 Å². The van der Waals surface area contributed by atoms with Gasteiger partial charge in [-0.3, -0.25) is 0 Å². The lowest BCUT2D eigenvalue weighted by atomic mass is 10.2. The van der Waals surface area contributed by atoms with Gasteiger partial charge in [-0.1, -0.05) is 18.2 Å². The van der Waals surface area contributed by atoms with Crippen LogP contribution in [-0.2, 0) is 6.54 Å². The Hall–Kier alpha value is -1.23. The molecule has 0 saturated carbocycles. The molecule has 9 heteroatoms. The summed E-state index contributed by atoms with van der Waals surface area (Å²) in [5, 5.41) is 14.5. The standard InChI is InChI=1S/C13H18F3N3O2.HI/c1-2-17-12(18-7-8-20)19-9-10-5-3-4-6-11(10)21-13(14,15)16;/h3-6,20H,2,7-9H2,1H3,(H2,17,18,19);1H. The molecule has 0 saturated heterocycles. The number of nitrogens with one attached hydrogen (secondary N) is 2. The van der Waals surface area contributed by atoms with E-state index in [1.54, 1.807) is 6.07 Å². The summed E-state index contributed by atoms with van der Waals surface area (Å²) in [4.78, 5) is 4.15. The van der Waals surface area contributed by atoms with Crippen LogP contribution < -0.4 is 15.4 Å². The van der Waals surface area contributed by atoms with Crippen LogP contribution in [0.4, 0.5) is 13.2 Å². The second kappa shape index (κ2) is 10.5. The van der Waals surface area contributed by atoms with Crippen LogP contribution in [0.15, 0.2) is 29.3 Å². The zero-order valence-electron chi connectivity index (χ0n) is 12.0. The number of benzene rings is 1. The SMILES string of the molecule is CCNC(=NCc1ccccc1OC(F)(F)F)NCCO.I. The van der Waals surface area contributed by atoms with Crippen molar-refractivity contribution in [2.45, 2.75) is 19.8 Å². The molecule has 0 amide bonds. The van der Waals surface area contributed by atoms with E-state index in [1.165, 1.54) is 18.2 Å². The van der Waals surface area contributed by atoms with Gasteiger partial charge in [-0.05, 0) is 13.0 Å². The molecule has 3 N–H and O–H groups in total. The topological polar surface area (TPSA) is 65.9 Å². The molecule has 0 unspecified atom stereocenters. The number of ether oxygens (including phenoxy) is 1. The Labute approximate surface area is 144 Å². The summed E-state index contributed by atoms with van der Waals surface area (Å²) in [6.45, 7) is 2.70. The molecule has 0 aliphatic rings. The highest BCUT2D eigenvalue weighted by Crippen LogP contribution is 2.26. The van der Waals surface area contributed by atoms with Gasteiger partial charge in [0.1, 0.15) is 5.75 Å². The second-order valence-corrected chi connectivity index (χ2v) is 4.00. The van der Waals surface area contributed by atoms with E-state index in [0.717, 1.165) is 0 Å². The summed E-state index contributed by atoms with van der Waals surface area (Å²) >= 11 is 0. The smallest absolute Gasteiger partial charge is 0.405 e. The van der Waals surface area contributed by atoms with Crippen LogP contribution in [0.1, 0.15) is 12.5 Å². The number of aliphatic hydroxyl groups is 1. The summed E-state index contributed by atoms with van der Waals surface area (Å²) in [7, 11) is 0. The first-order chi connectivity index (χ1) is 9.96. The molecule has 0 heterocycles. The van der Waals surface area contributed by atoms with E-state index in [4.69, 9.17) is 5.11 Å². The molecule has 0 aromatic heterocycles. The van der Waals surface area contributed by atoms with Crippen LogP contribution in [-0.4, -0.2) is 37.1 Å². The van der Waals surface area contributed by atoms with Crippen molar-refractivity contribution in [1.82, 2.24) is 10.6 Å². The lowest BCUT2D eigenvalue weighted by molar-refractivity contribution is -0.274. The minimum atomic E-state index is -4.74. The molecule has 0 fully saturated rings. The highest BCUT2D eigenvalue weighted by molar-refractivity contribution is 14.0. The van der Waals surface area contributed by atoms with Crippen molar-refractivity contribution in [3.8, 4) is 5.75 Å². The van der Waals surface area contributed by atoms with E-state index in [2.05, 4.69) is 20.4 Å². The highest BCUT2D eigenvalue weighted by Gasteiger charge is 2.31. The average molecular weight is 433 g/mol. The third kappa shape index (κ3) is 8.27. The molecule has 1 aromatic rings. The van der Waals surface area contributed by atoms with Gasteiger partial charge in [0.05, 0.1) is 13.2 Å². The summed E-state index contributed by atoms with van der Waals surface area (Å²) in [6.07, 6.45) is -4.74. The van der Waals surface area contributed by atoms with Gasteiger partial charge < -0.3 is 20.5 Å². The summed E-state index contributed by atoms with van der Waals surface area (Å²) in [5.41, 5.74) is 0.316. The Bertz CT molecular complexity index is 470. The number of nitrogens with zero attached hydrogens (tertiary/aromatic N) is 1. The van der Waals surface area contributed by atoms with Crippen LogP contribution in [0.25, 0.3) is 0 Å². The minimum Gasteiger partial charge on any atom is -0.405 e. The number of aliphatic imine (C=N–C) groups is 1. The first kappa shape index (κ1) is 20.8. The van der Waals surface area contributed by atoms with E-state index < -0.39 is 6.36 Å². The monoisotopic (exact) mass is 433 g/mol. The Morgan fingerprint density at radius 3 is 2.55 bits per heavy atom. The molecule has 1 rings (SSSR count). The highest BCUT2D eigenvalue weighted by atomic mass is 127. The third-order valence-electron chi connectivity index (χ3n) is 2.35. The predicted octanol–water partition coefficient (Wildman–Crippen LogP) is 2.25. The molecule has 0 spiro atoms. The minimum absolute atomic E-state index is 0. The quantitative estimate of drug-likeness (QED) is 0.366.